The van der Waals surface area contributed by atoms with Crippen molar-refractivity contribution in [1.82, 2.24) is 0 Å². The van der Waals surface area contributed by atoms with Crippen molar-refractivity contribution in [3.05, 3.63) is 18.2 Å². The van der Waals surface area contributed by atoms with Crippen molar-refractivity contribution in [3.8, 4) is 11.5 Å². The van der Waals surface area contributed by atoms with Crippen molar-refractivity contribution >= 4 is 5.69 Å². The Kier molecular flexibility index (Phi) is 43.4. The molecule has 0 unspecified atom stereocenters. The zero-order valence-corrected chi connectivity index (χ0v) is 40.4. The summed E-state index contributed by atoms with van der Waals surface area (Å²) in [6.45, 7) is 11.9. The van der Waals surface area contributed by atoms with Crippen molar-refractivity contribution in [3.63, 3.8) is 0 Å². The van der Waals surface area contributed by atoms with Gasteiger partial charge in [0, 0.05) is 0 Å². The number of nitrogens with zero attached hydrogens (tertiary/aromatic N) is 1. The van der Waals surface area contributed by atoms with Crippen molar-refractivity contribution < 1.29 is 19.1 Å². The van der Waals surface area contributed by atoms with Crippen LogP contribution in [0, 0.1) is 0 Å². The topological polar surface area (TPSA) is 40.2 Å². The minimum absolute atomic E-state index is 0.649. The van der Waals surface area contributed by atoms with E-state index in [4.69, 9.17) is 19.1 Å². The van der Waals surface area contributed by atoms with Gasteiger partial charge in [0.25, 0.3) is 0 Å². The van der Waals surface area contributed by atoms with Crippen LogP contribution in [0.2, 0.25) is 0 Å². The Hall–Kier alpha value is -1.46. The maximum Gasteiger partial charge on any atom is 0.189 e. The van der Waals surface area contributed by atoms with Gasteiger partial charge in [-0.1, -0.05) is 265 Å². The average Bonchev–Trinajstić information content (AvgIpc) is 3.25. The summed E-state index contributed by atoms with van der Waals surface area (Å²) in [7, 11) is 0. The van der Waals surface area contributed by atoms with Gasteiger partial charge in [-0.25, -0.2) is 9.68 Å². The molecule has 5 heteroatoms. The number of ether oxygens (including phenoxy) is 2. The molecule has 0 radical (unpaired) electrons. The van der Waals surface area contributed by atoms with Crippen LogP contribution in [-0.4, -0.2) is 26.4 Å². The third-order valence-corrected chi connectivity index (χ3v) is 12.1. The maximum absolute atomic E-state index is 6.66. The predicted octanol–water partition coefficient (Wildman–Crippen LogP) is 18.8. The maximum atomic E-state index is 6.66. The van der Waals surface area contributed by atoms with Crippen LogP contribution in [0.25, 0.3) is 0 Å². The highest BCUT2D eigenvalue weighted by molar-refractivity contribution is 5.62. The zero-order chi connectivity index (χ0) is 42.4. The van der Waals surface area contributed by atoms with Gasteiger partial charge in [0.15, 0.2) is 11.5 Å². The largest absolute Gasteiger partial charge is 0.490 e. The molecule has 1 aromatic carbocycles. The van der Waals surface area contributed by atoms with E-state index in [0.29, 0.717) is 26.4 Å². The highest BCUT2D eigenvalue weighted by Crippen LogP contribution is 2.39. The smallest absolute Gasteiger partial charge is 0.189 e. The molecule has 0 aliphatic carbocycles. The van der Waals surface area contributed by atoms with Crippen molar-refractivity contribution in [1.29, 1.82) is 0 Å². The summed E-state index contributed by atoms with van der Waals surface area (Å²) in [6, 6.07) is 6.26. The van der Waals surface area contributed by atoms with Gasteiger partial charge in [-0.3, -0.25) is 0 Å². The average molecular weight is 830 g/mol. The van der Waals surface area contributed by atoms with Crippen LogP contribution in [0.4, 0.5) is 5.69 Å². The SMILES string of the molecule is CCCCCCCCCCCCOc1cccc(N(OCCCCCCCCCCCC)OCCCCCCCCCCCC)c1OCCCCCCCCCCCC. The summed E-state index contributed by atoms with van der Waals surface area (Å²) < 4.78 is 13.2. The van der Waals surface area contributed by atoms with Gasteiger partial charge in [-0.2, -0.15) is 0 Å². The summed E-state index contributed by atoms with van der Waals surface area (Å²) >= 11 is 0. The van der Waals surface area contributed by atoms with Crippen LogP contribution < -0.4 is 14.7 Å². The lowest BCUT2D eigenvalue weighted by Gasteiger charge is -2.26. The fraction of sp³-hybridized carbons (Fsp3) is 0.889. The molecule has 0 heterocycles. The molecule has 0 spiro atoms. The van der Waals surface area contributed by atoms with E-state index in [1.807, 2.05) is 0 Å². The molecule has 0 amide bonds. The first kappa shape index (κ1) is 55.6. The van der Waals surface area contributed by atoms with E-state index in [2.05, 4.69) is 45.9 Å². The van der Waals surface area contributed by atoms with E-state index < -0.39 is 0 Å². The van der Waals surface area contributed by atoms with Crippen molar-refractivity contribution in [2.45, 2.75) is 285 Å². The number of para-hydroxylation sites is 1. The molecule has 5 nitrogen and oxygen atoms in total. The molecule has 0 atom stereocenters. The third-order valence-electron chi connectivity index (χ3n) is 12.1. The minimum Gasteiger partial charge on any atom is -0.490 e. The van der Waals surface area contributed by atoms with Gasteiger partial charge in [-0.15, -0.1) is 5.23 Å². The number of unbranched alkanes of at least 4 members (excludes halogenated alkanes) is 36. The molecule has 0 aliphatic rings. The van der Waals surface area contributed by atoms with Crippen LogP contribution in [-0.2, 0) is 9.68 Å². The molecule has 0 N–H and O–H groups in total. The van der Waals surface area contributed by atoms with E-state index in [9.17, 15) is 0 Å². The van der Waals surface area contributed by atoms with Crippen molar-refractivity contribution in [2.24, 2.45) is 0 Å². The highest BCUT2D eigenvalue weighted by Gasteiger charge is 2.20. The molecule has 0 saturated heterocycles. The molecule has 59 heavy (non-hydrogen) atoms. The molecule has 0 aromatic heterocycles. The summed E-state index contributed by atoms with van der Waals surface area (Å²) in [5, 5.41) is 1.70. The Balaban J connectivity index is 2.81. The van der Waals surface area contributed by atoms with Gasteiger partial charge in [0.1, 0.15) is 5.69 Å². The van der Waals surface area contributed by atoms with Gasteiger partial charge in [0.05, 0.1) is 26.4 Å². The number of benzene rings is 1. The predicted molar refractivity (Wildman–Crippen MR) is 259 cm³/mol. The molecule has 0 saturated carbocycles. The first-order valence-electron chi connectivity index (χ1n) is 26.7. The molecule has 0 fully saturated rings. The van der Waals surface area contributed by atoms with Crippen LogP contribution >= 0.6 is 0 Å². The highest BCUT2D eigenvalue weighted by atomic mass is 16.9. The second kappa shape index (κ2) is 46.1. The lowest BCUT2D eigenvalue weighted by atomic mass is 10.1. The summed E-state index contributed by atoms with van der Waals surface area (Å²) in [5.41, 5.74) is 0.844. The summed E-state index contributed by atoms with van der Waals surface area (Å²) in [5.74, 6) is 1.60. The number of hydrogen-bond donors (Lipinski definition) is 0. The van der Waals surface area contributed by atoms with Gasteiger partial charge in [0.2, 0.25) is 0 Å². The molecule has 1 rings (SSSR count). The van der Waals surface area contributed by atoms with Gasteiger partial charge < -0.3 is 9.47 Å². The third kappa shape index (κ3) is 35.8. The fourth-order valence-electron chi connectivity index (χ4n) is 8.09. The number of rotatable bonds is 49. The summed E-state index contributed by atoms with van der Waals surface area (Å²) in [4.78, 5) is 13.0. The van der Waals surface area contributed by atoms with Crippen LogP contribution in [0.15, 0.2) is 18.2 Å². The molecule has 1 aromatic rings. The number of hydrogen-bond acceptors (Lipinski definition) is 5. The van der Waals surface area contributed by atoms with Crippen LogP contribution in [0.1, 0.15) is 285 Å². The Bertz CT molecular complexity index is 930. The molecule has 0 aliphatic heterocycles. The van der Waals surface area contributed by atoms with E-state index in [-0.39, 0.29) is 0 Å². The lowest BCUT2D eigenvalue weighted by molar-refractivity contribution is -0.0922. The summed E-state index contributed by atoms with van der Waals surface area (Å²) in [6.07, 6.45) is 52.6. The second-order valence-electron chi connectivity index (χ2n) is 18.0. The standard InChI is InChI=1S/C54H103NO4/c1-5-9-13-17-21-25-29-33-37-41-48-56-53-47-45-46-52(54(53)57-49-42-38-34-30-26-22-18-14-10-6-2)55(58-50-43-39-35-31-27-23-19-15-11-7-3)59-51-44-40-36-32-28-24-20-16-12-8-4/h45-47H,5-44,48-51H2,1-4H3. The Labute approximate surface area is 369 Å². The van der Waals surface area contributed by atoms with Gasteiger partial charge >= 0.3 is 0 Å². The normalized spacial score (nSPS) is 11.5. The van der Waals surface area contributed by atoms with E-state index in [1.54, 1.807) is 5.23 Å². The van der Waals surface area contributed by atoms with Crippen LogP contribution in [0.3, 0.4) is 0 Å². The fourth-order valence-corrected chi connectivity index (χ4v) is 8.09. The Morgan fingerprint density at radius 2 is 0.576 bits per heavy atom. The lowest BCUT2D eigenvalue weighted by Crippen LogP contribution is -2.26. The molecule has 0 bridgehead atoms. The minimum atomic E-state index is 0.649. The molecule has 348 valence electrons. The molecular formula is C54H103NO4. The first-order chi connectivity index (χ1) is 29.3. The second-order valence-corrected chi connectivity index (χ2v) is 18.0. The first-order valence-corrected chi connectivity index (χ1v) is 26.7. The van der Waals surface area contributed by atoms with E-state index >= 15 is 0 Å². The van der Waals surface area contributed by atoms with Crippen LogP contribution in [0.5, 0.6) is 11.5 Å². The monoisotopic (exact) mass is 830 g/mol. The van der Waals surface area contributed by atoms with Gasteiger partial charge in [-0.05, 0) is 37.8 Å². The molecular weight excluding hydrogens is 727 g/mol. The quantitative estimate of drug-likeness (QED) is 0.0483. The van der Waals surface area contributed by atoms with E-state index in [0.717, 1.165) is 42.9 Å². The number of anilines is 1. The van der Waals surface area contributed by atoms with E-state index in [1.165, 1.54) is 231 Å². The zero-order valence-electron chi connectivity index (χ0n) is 40.4. The van der Waals surface area contributed by atoms with Crippen molar-refractivity contribution in [2.75, 3.05) is 31.7 Å². The Morgan fingerprint density at radius 1 is 0.305 bits per heavy atom. The Morgan fingerprint density at radius 3 is 0.898 bits per heavy atom.